The highest BCUT2D eigenvalue weighted by atomic mass is 16.7. The second kappa shape index (κ2) is 6.57. The SMILES string of the molecule is CC(C)(C)c1ccc(C(=O)c2nc3ccccc3n3c2cc2cc4c(cc23)OCO4)cc1. The molecule has 0 amide bonds. The number of carbonyl (C=O) groups is 1. The number of benzene rings is 3. The van der Waals surface area contributed by atoms with Gasteiger partial charge in [0.1, 0.15) is 5.69 Å². The van der Waals surface area contributed by atoms with E-state index >= 15 is 0 Å². The molecule has 6 rings (SSSR count). The van der Waals surface area contributed by atoms with Crippen LogP contribution in [0.4, 0.5) is 0 Å². The van der Waals surface area contributed by atoms with Crippen LogP contribution in [0.5, 0.6) is 11.5 Å². The first kappa shape index (κ1) is 18.9. The molecule has 0 aliphatic carbocycles. The average Bonchev–Trinajstić information content (AvgIpc) is 3.39. The number of fused-ring (bicyclic) bond motifs is 6. The summed E-state index contributed by atoms with van der Waals surface area (Å²) in [4.78, 5) is 18.4. The third-order valence-corrected chi connectivity index (χ3v) is 6.12. The van der Waals surface area contributed by atoms with E-state index in [1.54, 1.807) is 0 Å². The predicted octanol–water partition coefficient (Wildman–Crippen LogP) is 5.90. The minimum atomic E-state index is -0.0935. The van der Waals surface area contributed by atoms with Crippen molar-refractivity contribution in [1.82, 2.24) is 9.38 Å². The summed E-state index contributed by atoms with van der Waals surface area (Å²) in [5.74, 6) is 1.34. The van der Waals surface area contributed by atoms with Crippen molar-refractivity contribution < 1.29 is 14.3 Å². The van der Waals surface area contributed by atoms with Gasteiger partial charge in [0.2, 0.25) is 12.6 Å². The van der Waals surface area contributed by atoms with E-state index in [1.165, 1.54) is 5.56 Å². The Bertz CT molecular complexity index is 1540. The number of para-hydroxylation sites is 2. The van der Waals surface area contributed by atoms with Crippen molar-refractivity contribution in [3.63, 3.8) is 0 Å². The number of carbonyl (C=O) groups excluding carboxylic acids is 1. The fourth-order valence-corrected chi connectivity index (χ4v) is 4.38. The zero-order chi connectivity index (χ0) is 22.0. The van der Waals surface area contributed by atoms with Crippen LogP contribution in [-0.4, -0.2) is 22.0 Å². The van der Waals surface area contributed by atoms with Gasteiger partial charge >= 0.3 is 0 Å². The zero-order valence-electron chi connectivity index (χ0n) is 18.2. The maximum Gasteiger partial charge on any atom is 0.231 e. The molecule has 2 aromatic heterocycles. The first-order valence-corrected chi connectivity index (χ1v) is 10.7. The van der Waals surface area contributed by atoms with Gasteiger partial charge in [-0.25, -0.2) is 4.98 Å². The molecule has 5 nitrogen and oxygen atoms in total. The molecule has 3 aromatic carbocycles. The van der Waals surface area contributed by atoms with Crippen LogP contribution in [0.15, 0.2) is 66.7 Å². The van der Waals surface area contributed by atoms with Gasteiger partial charge in [-0.15, -0.1) is 0 Å². The molecular weight excluding hydrogens is 400 g/mol. The summed E-state index contributed by atoms with van der Waals surface area (Å²) >= 11 is 0. The molecule has 0 spiro atoms. The van der Waals surface area contributed by atoms with E-state index in [4.69, 9.17) is 14.5 Å². The lowest BCUT2D eigenvalue weighted by atomic mass is 9.86. The molecule has 0 N–H and O–H groups in total. The quantitative estimate of drug-likeness (QED) is 0.333. The van der Waals surface area contributed by atoms with Crippen LogP contribution < -0.4 is 9.47 Å². The largest absolute Gasteiger partial charge is 0.454 e. The molecule has 0 unspecified atom stereocenters. The van der Waals surface area contributed by atoms with Gasteiger partial charge in [-0.1, -0.05) is 57.2 Å². The fourth-order valence-electron chi connectivity index (χ4n) is 4.38. The molecule has 0 atom stereocenters. The van der Waals surface area contributed by atoms with Gasteiger partial charge in [0, 0.05) is 17.0 Å². The summed E-state index contributed by atoms with van der Waals surface area (Å²) in [6.07, 6.45) is 0. The van der Waals surface area contributed by atoms with E-state index in [-0.39, 0.29) is 18.0 Å². The average molecular weight is 422 g/mol. The van der Waals surface area contributed by atoms with Gasteiger partial charge in [0.15, 0.2) is 11.5 Å². The van der Waals surface area contributed by atoms with Gasteiger partial charge in [0.05, 0.1) is 22.1 Å². The maximum absolute atomic E-state index is 13.6. The lowest BCUT2D eigenvalue weighted by molar-refractivity contribution is 0.103. The van der Waals surface area contributed by atoms with Crippen LogP contribution in [0, 0.1) is 0 Å². The summed E-state index contributed by atoms with van der Waals surface area (Å²) in [7, 11) is 0. The van der Waals surface area contributed by atoms with Crippen molar-refractivity contribution >= 4 is 33.2 Å². The third kappa shape index (κ3) is 2.78. The molecule has 158 valence electrons. The number of hydrogen-bond acceptors (Lipinski definition) is 4. The Morgan fingerprint density at radius 1 is 0.875 bits per heavy atom. The summed E-state index contributed by atoms with van der Waals surface area (Å²) < 4.78 is 13.3. The standard InChI is InChI=1S/C27H22N2O3/c1-27(2,3)18-10-8-16(9-11-18)26(30)25-22-12-17-13-23-24(32-15-31-23)14-21(17)29(22)20-7-5-4-6-19(20)28-25/h4-14H,15H2,1-3H3. The van der Waals surface area contributed by atoms with Crippen molar-refractivity contribution in [2.75, 3.05) is 6.79 Å². The molecule has 1 aliphatic rings. The van der Waals surface area contributed by atoms with Crippen LogP contribution in [0.2, 0.25) is 0 Å². The number of rotatable bonds is 2. The summed E-state index contributed by atoms with van der Waals surface area (Å²) in [6.45, 7) is 6.71. The fraction of sp³-hybridized carbons (Fsp3) is 0.185. The summed E-state index contributed by atoms with van der Waals surface area (Å²) in [5.41, 5.74) is 5.72. The van der Waals surface area contributed by atoms with Crippen molar-refractivity contribution in [3.05, 3.63) is 83.6 Å². The molecule has 32 heavy (non-hydrogen) atoms. The molecule has 0 radical (unpaired) electrons. The molecule has 0 fully saturated rings. The molecule has 3 heterocycles. The van der Waals surface area contributed by atoms with Crippen molar-refractivity contribution in [3.8, 4) is 11.5 Å². The molecular formula is C27H22N2O3. The smallest absolute Gasteiger partial charge is 0.231 e. The van der Waals surface area contributed by atoms with Gasteiger partial charge < -0.3 is 13.9 Å². The maximum atomic E-state index is 13.6. The van der Waals surface area contributed by atoms with Crippen molar-refractivity contribution in [2.24, 2.45) is 0 Å². The summed E-state index contributed by atoms with van der Waals surface area (Å²) in [6, 6.07) is 21.7. The topological polar surface area (TPSA) is 52.8 Å². The Morgan fingerprint density at radius 2 is 1.59 bits per heavy atom. The lowest BCUT2D eigenvalue weighted by Crippen LogP contribution is -2.12. The Labute approximate surface area is 185 Å². The van der Waals surface area contributed by atoms with E-state index < -0.39 is 0 Å². The molecule has 0 saturated heterocycles. The Balaban J connectivity index is 1.61. The van der Waals surface area contributed by atoms with Gasteiger partial charge in [0.25, 0.3) is 0 Å². The first-order valence-electron chi connectivity index (χ1n) is 10.7. The lowest BCUT2D eigenvalue weighted by Gasteiger charge is -2.19. The van der Waals surface area contributed by atoms with Crippen LogP contribution in [0.25, 0.3) is 27.5 Å². The second-order valence-electron chi connectivity index (χ2n) is 9.23. The normalized spacial score (nSPS) is 13.3. The van der Waals surface area contributed by atoms with Crippen molar-refractivity contribution in [2.45, 2.75) is 26.2 Å². The van der Waals surface area contributed by atoms with Crippen LogP contribution in [0.3, 0.4) is 0 Å². The molecule has 0 saturated carbocycles. The second-order valence-corrected chi connectivity index (χ2v) is 9.23. The first-order chi connectivity index (χ1) is 15.4. The highest BCUT2D eigenvalue weighted by Crippen LogP contribution is 2.38. The summed E-state index contributed by atoms with van der Waals surface area (Å²) in [5, 5.41) is 0.976. The number of aromatic nitrogens is 2. The number of nitrogens with zero attached hydrogens (tertiary/aromatic N) is 2. The minimum absolute atomic E-state index is 0.0276. The number of hydrogen-bond donors (Lipinski definition) is 0. The van der Waals surface area contributed by atoms with Crippen molar-refractivity contribution in [1.29, 1.82) is 0 Å². The van der Waals surface area contributed by atoms with Crippen LogP contribution in [0.1, 0.15) is 42.4 Å². The van der Waals surface area contributed by atoms with Crippen LogP contribution in [-0.2, 0) is 5.41 Å². The van der Waals surface area contributed by atoms with E-state index in [0.29, 0.717) is 17.0 Å². The van der Waals surface area contributed by atoms with E-state index in [0.717, 1.165) is 33.2 Å². The van der Waals surface area contributed by atoms with Gasteiger partial charge in [-0.2, -0.15) is 0 Å². The Kier molecular flexibility index (Phi) is 3.87. The van der Waals surface area contributed by atoms with E-state index in [2.05, 4.69) is 25.2 Å². The molecule has 0 bridgehead atoms. The highest BCUT2D eigenvalue weighted by Gasteiger charge is 2.22. The number of ketones is 1. The van der Waals surface area contributed by atoms with E-state index in [9.17, 15) is 4.79 Å². The third-order valence-electron chi connectivity index (χ3n) is 6.12. The molecule has 5 aromatic rings. The van der Waals surface area contributed by atoms with E-state index in [1.807, 2.05) is 66.7 Å². The van der Waals surface area contributed by atoms with Gasteiger partial charge in [-0.05, 0) is 35.2 Å². The molecule has 1 aliphatic heterocycles. The molecule has 5 heteroatoms. The minimum Gasteiger partial charge on any atom is -0.454 e. The Morgan fingerprint density at radius 3 is 2.34 bits per heavy atom. The Hall–Kier alpha value is -3.86. The van der Waals surface area contributed by atoms with Gasteiger partial charge in [-0.3, -0.25) is 4.79 Å². The number of ether oxygens (including phenoxy) is 2. The highest BCUT2D eigenvalue weighted by molar-refractivity contribution is 6.14. The predicted molar refractivity (Wildman–Crippen MR) is 125 cm³/mol. The zero-order valence-corrected chi connectivity index (χ0v) is 18.2. The monoisotopic (exact) mass is 422 g/mol. The van der Waals surface area contributed by atoms with Crippen LogP contribution >= 0.6 is 0 Å².